The average molecular weight is 507 g/mol. The van der Waals surface area contributed by atoms with Crippen LogP contribution < -0.4 is 10.2 Å². The number of aromatic hydroxyl groups is 1. The molecule has 2 aromatic heterocycles. The van der Waals surface area contributed by atoms with E-state index in [1.54, 1.807) is 13.1 Å². The zero-order valence-corrected chi connectivity index (χ0v) is 20.0. The van der Waals surface area contributed by atoms with Crippen molar-refractivity contribution in [2.45, 2.75) is 19.0 Å². The molecule has 2 fully saturated rings. The number of nitrogens with zero attached hydrogens (tertiary/aromatic N) is 3. The number of hydrogen-bond acceptors (Lipinski definition) is 6. The normalized spacial score (nSPS) is 19.6. The number of piperazine rings is 1. The van der Waals surface area contributed by atoms with Gasteiger partial charge in [-0.3, -0.25) is 4.98 Å². The SMILES string of the molecule is C#Cc1c(F)ccc2cc(O)cc(-c3ncc4c(N5CC6COCC(C5)N6)nc(Cl)c(C)c4c3F)c12. The number of nitrogens with one attached hydrogen (secondary N) is 1. The van der Waals surface area contributed by atoms with Crippen LogP contribution in [0.25, 0.3) is 32.8 Å². The maximum Gasteiger partial charge on any atom is 0.157 e. The number of ether oxygens (including phenoxy) is 1. The lowest BCUT2D eigenvalue weighted by Crippen LogP contribution is -2.63. The summed E-state index contributed by atoms with van der Waals surface area (Å²) in [5.41, 5.74) is 0.568. The first kappa shape index (κ1) is 22.9. The van der Waals surface area contributed by atoms with Crippen LogP contribution >= 0.6 is 11.6 Å². The van der Waals surface area contributed by atoms with E-state index in [0.717, 1.165) is 0 Å². The molecule has 36 heavy (non-hydrogen) atoms. The van der Waals surface area contributed by atoms with Crippen molar-refractivity contribution < 1.29 is 18.6 Å². The van der Waals surface area contributed by atoms with Gasteiger partial charge in [0.05, 0.1) is 18.8 Å². The highest BCUT2D eigenvalue weighted by atomic mass is 35.5. The van der Waals surface area contributed by atoms with Gasteiger partial charge in [-0.2, -0.15) is 0 Å². The topological polar surface area (TPSA) is 70.5 Å². The van der Waals surface area contributed by atoms with Gasteiger partial charge in [-0.25, -0.2) is 13.8 Å². The molecule has 2 bridgehead atoms. The molecule has 4 aromatic rings. The van der Waals surface area contributed by atoms with Crippen molar-refractivity contribution in [2.75, 3.05) is 31.2 Å². The Balaban J connectivity index is 1.60. The first-order chi connectivity index (χ1) is 17.4. The minimum atomic E-state index is -0.645. The molecule has 2 unspecified atom stereocenters. The number of pyridine rings is 2. The molecule has 0 aliphatic carbocycles. The summed E-state index contributed by atoms with van der Waals surface area (Å²) in [7, 11) is 0. The van der Waals surface area contributed by atoms with Gasteiger partial charge in [-0.1, -0.05) is 23.6 Å². The Morgan fingerprint density at radius 3 is 2.67 bits per heavy atom. The van der Waals surface area contributed by atoms with Crippen LogP contribution in [0.1, 0.15) is 11.1 Å². The Kier molecular flexibility index (Phi) is 5.45. The summed E-state index contributed by atoms with van der Waals surface area (Å²) in [6, 6.07) is 5.76. The molecule has 2 aliphatic rings. The number of halogens is 3. The molecular formula is C27H21ClF2N4O2. The molecular weight excluding hydrogens is 486 g/mol. The zero-order valence-electron chi connectivity index (χ0n) is 19.3. The van der Waals surface area contributed by atoms with Crippen LogP contribution in [-0.4, -0.2) is 53.5 Å². The first-order valence-electron chi connectivity index (χ1n) is 11.5. The molecule has 6 rings (SSSR count). The van der Waals surface area contributed by atoms with Gasteiger partial charge in [-0.05, 0) is 36.1 Å². The van der Waals surface area contributed by atoms with Crippen molar-refractivity contribution in [1.82, 2.24) is 15.3 Å². The number of phenolic OH excluding ortho intramolecular Hbond substituents is 1. The molecule has 0 spiro atoms. The van der Waals surface area contributed by atoms with Gasteiger partial charge in [0.2, 0.25) is 0 Å². The molecule has 0 radical (unpaired) electrons. The Morgan fingerprint density at radius 1 is 1.19 bits per heavy atom. The van der Waals surface area contributed by atoms with E-state index in [1.165, 1.54) is 24.3 Å². The van der Waals surface area contributed by atoms with Crippen LogP contribution in [0.2, 0.25) is 5.15 Å². The van der Waals surface area contributed by atoms with Crippen LogP contribution in [0.4, 0.5) is 14.6 Å². The number of anilines is 1. The second-order valence-electron chi connectivity index (χ2n) is 9.22. The third kappa shape index (κ3) is 3.54. The molecule has 182 valence electrons. The Labute approximate surface area is 210 Å². The maximum atomic E-state index is 16.3. The van der Waals surface area contributed by atoms with Crippen molar-refractivity contribution in [3.8, 4) is 29.4 Å². The number of hydrogen-bond donors (Lipinski definition) is 2. The smallest absolute Gasteiger partial charge is 0.157 e. The van der Waals surface area contributed by atoms with E-state index in [2.05, 4.69) is 26.1 Å². The summed E-state index contributed by atoms with van der Waals surface area (Å²) in [5, 5.41) is 15.6. The minimum Gasteiger partial charge on any atom is -0.508 e. The van der Waals surface area contributed by atoms with Crippen LogP contribution in [0.3, 0.4) is 0 Å². The number of terminal acetylenes is 1. The van der Waals surface area contributed by atoms with Crippen LogP contribution in [-0.2, 0) is 4.74 Å². The molecule has 2 atom stereocenters. The summed E-state index contributed by atoms with van der Waals surface area (Å²) in [5.74, 6) is 1.53. The summed E-state index contributed by atoms with van der Waals surface area (Å²) in [6.45, 7) is 4.12. The molecule has 2 aromatic carbocycles. The zero-order chi connectivity index (χ0) is 25.1. The van der Waals surface area contributed by atoms with Gasteiger partial charge < -0.3 is 20.1 Å². The molecule has 4 heterocycles. The van der Waals surface area contributed by atoms with Crippen LogP contribution in [0.15, 0.2) is 30.5 Å². The predicted octanol–water partition coefficient (Wildman–Crippen LogP) is 4.55. The Bertz CT molecular complexity index is 1590. The fourth-order valence-corrected chi connectivity index (χ4v) is 5.49. The average Bonchev–Trinajstić information content (AvgIpc) is 2.85. The number of aromatic nitrogens is 2. The molecule has 9 heteroatoms. The van der Waals surface area contributed by atoms with Crippen molar-refractivity contribution in [3.63, 3.8) is 0 Å². The minimum absolute atomic E-state index is 0.0245. The highest BCUT2D eigenvalue weighted by Crippen LogP contribution is 2.40. The lowest BCUT2D eigenvalue weighted by molar-refractivity contribution is 0.0375. The van der Waals surface area contributed by atoms with Crippen LogP contribution in [0, 0.1) is 30.9 Å². The summed E-state index contributed by atoms with van der Waals surface area (Å²) >= 11 is 6.51. The predicted molar refractivity (Wildman–Crippen MR) is 135 cm³/mol. The summed E-state index contributed by atoms with van der Waals surface area (Å²) < 4.78 is 36.6. The van der Waals surface area contributed by atoms with Gasteiger partial charge in [0.15, 0.2) is 5.82 Å². The van der Waals surface area contributed by atoms with Crippen LogP contribution in [0.5, 0.6) is 5.75 Å². The summed E-state index contributed by atoms with van der Waals surface area (Å²) in [6.07, 6.45) is 7.16. The molecule has 2 saturated heterocycles. The van der Waals surface area contributed by atoms with Gasteiger partial charge in [-0.15, -0.1) is 6.42 Å². The monoisotopic (exact) mass is 506 g/mol. The van der Waals surface area contributed by atoms with Crippen molar-refractivity contribution >= 4 is 39.0 Å². The number of phenols is 1. The fourth-order valence-electron chi connectivity index (χ4n) is 5.32. The number of rotatable bonds is 2. The molecule has 6 nitrogen and oxygen atoms in total. The van der Waals surface area contributed by atoms with E-state index in [9.17, 15) is 9.50 Å². The molecule has 0 amide bonds. The van der Waals surface area contributed by atoms with E-state index in [0.29, 0.717) is 53.8 Å². The van der Waals surface area contributed by atoms with E-state index in [4.69, 9.17) is 22.8 Å². The standard InChI is InChI=1S/C27H21ClF2N4O2/c1-3-18-21(29)5-4-14-6-17(35)7-19(23(14)18)25-24(30)22-13(2)26(28)33-27(20(22)8-31-25)34-9-15-11-36-12-16(10-34)32-15/h1,4-8,15-16,32,35H,9-12H2,2H3. The Morgan fingerprint density at radius 2 is 1.94 bits per heavy atom. The van der Waals surface area contributed by atoms with E-state index < -0.39 is 11.6 Å². The van der Waals surface area contributed by atoms with Crippen molar-refractivity contribution in [2.24, 2.45) is 0 Å². The largest absolute Gasteiger partial charge is 0.508 e. The lowest BCUT2D eigenvalue weighted by atomic mass is 9.95. The second-order valence-corrected chi connectivity index (χ2v) is 9.58. The first-order valence-corrected chi connectivity index (χ1v) is 11.9. The van der Waals surface area contributed by atoms with Gasteiger partial charge in [0, 0.05) is 53.1 Å². The quantitative estimate of drug-likeness (QED) is 0.307. The highest BCUT2D eigenvalue weighted by Gasteiger charge is 2.33. The Hall–Kier alpha value is -3.51. The maximum absolute atomic E-state index is 16.3. The fraction of sp³-hybridized carbons (Fsp3) is 0.259. The molecule has 2 aliphatic heterocycles. The third-order valence-electron chi connectivity index (χ3n) is 6.89. The van der Waals surface area contributed by atoms with E-state index in [-0.39, 0.29) is 45.2 Å². The van der Waals surface area contributed by atoms with Gasteiger partial charge >= 0.3 is 0 Å². The number of fused-ring (bicyclic) bond motifs is 4. The molecule has 2 N–H and O–H groups in total. The van der Waals surface area contributed by atoms with Crippen molar-refractivity contribution in [1.29, 1.82) is 0 Å². The lowest BCUT2D eigenvalue weighted by Gasteiger charge is -2.43. The highest BCUT2D eigenvalue weighted by molar-refractivity contribution is 6.31. The van der Waals surface area contributed by atoms with E-state index >= 15 is 4.39 Å². The van der Waals surface area contributed by atoms with Gasteiger partial charge in [0.1, 0.15) is 28.2 Å². The second kappa shape index (κ2) is 8.56. The number of aryl methyl sites for hydroxylation is 1. The number of morpholine rings is 1. The summed E-state index contributed by atoms with van der Waals surface area (Å²) in [4.78, 5) is 11.1. The van der Waals surface area contributed by atoms with Crippen molar-refractivity contribution in [3.05, 3.63) is 58.4 Å². The number of benzene rings is 2. The molecule has 0 saturated carbocycles. The van der Waals surface area contributed by atoms with E-state index in [1.807, 2.05) is 0 Å². The van der Waals surface area contributed by atoms with Gasteiger partial charge in [0.25, 0.3) is 0 Å². The third-order valence-corrected chi connectivity index (χ3v) is 7.26.